The summed E-state index contributed by atoms with van der Waals surface area (Å²) in [4.78, 5) is 21.8. The van der Waals surface area contributed by atoms with E-state index in [0.29, 0.717) is 25.8 Å². The van der Waals surface area contributed by atoms with Crippen LogP contribution < -0.4 is 5.32 Å². The van der Waals surface area contributed by atoms with Crippen LogP contribution in [0.5, 0.6) is 0 Å². The van der Waals surface area contributed by atoms with Crippen molar-refractivity contribution in [3.63, 3.8) is 0 Å². The second-order valence-corrected chi connectivity index (χ2v) is 4.36. The van der Waals surface area contributed by atoms with E-state index >= 15 is 0 Å². The fourth-order valence-corrected chi connectivity index (χ4v) is 1.63. The van der Waals surface area contributed by atoms with E-state index in [2.05, 4.69) is 5.32 Å². The van der Waals surface area contributed by atoms with Gasteiger partial charge in [0.15, 0.2) is 0 Å². The fraction of sp³-hybridized carbons (Fsp3) is 0.429. The van der Waals surface area contributed by atoms with E-state index in [1.807, 2.05) is 0 Å². The molecule has 0 aliphatic carbocycles. The Kier molecular flexibility index (Phi) is 6.57. The summed E-state index contributed by atoms with van der Waals surface area (Å²) in [6, 6.07) is 5.96. The van der Waals surface area contributed by atoms with Crippen molar-refractivity contribution >= 4 is 11.9 Å². The number of hydrogen-bond donors (Lipinski definition) is 2. The van der Waals surface area contributed by atoms with Crippen molar-refractivity contribution in [2.24, 2.45) is 0 Å². The number of carbonyl (C=O) groups excluding carboxylic acids is 1. The Morgan fingerprint density at radius 1 is 1.05 bits per heavy atom. The smallest absolute Gasteiger partial charge is 0.303 e. The standard InChI is InChI=1S/C14H18FNO3/c15-12-8-6-11(7-9-12)10-16-13(17)4-2-1-3-5-14(18)19/h6-9H,1-5,10H2,(H,16,17)(H,18,19). The summed E-state index contributed by atoms with van der Waals surface area (Å²) < 4.78 is 12.7. The second-order valence-electron chi connectivity index (χ2n) is 4.36. The van der Waals surface area contributed by atoms with Gasteiger partial charge in [0.2, 0.25) is 5.91 Å². The number of nitrogens with one attached hydrogen (secondary N) is 1. The van der Waals surface area contributed by atoms with Crippen LogP contribution in [0.1, 0.15) is 37.7 Å². The van der Waals surface area contributed by atoms with Crippen LogP contribution in [0.15, 0.2) is 24.3 Å². The maximum atomic E-state index is 12.7. The van der Waals surface area contributed by atoms with E-state index in [4.69, 9.17) is 5.11 Å². The third kappa shape index (κ3) is 7.18. The molecule has 0 fully saturated rings. The number of unbranched alkanes of at least 4 members (excludes halogenated alkanes) is 2. The summed E-state index contributed by atoms with van der Waals surface area (Å²) in [5, 5.41) is 11.2. The molecule has 0 heterocycles. The fourth-order valence-electron chi connectivity index (χ4n) is 1.63. The van der Waals surface area contributed by atoms with Gasteiger partial charge in [-0.3, -0.25) is 9.59 Å². The Balaban J connectivity index is 2.11. The number of carboxylic acids is 1. The van der Waals surface area contributed by atoms with Gasteiger partial charge < -0.3 is 10.4 Å². The highest BCUT2D eigenvalue weighted by atomic mass is 19.1. The summed E-state index contributed by atoms with van der Waals surface area (Å²) in [7, 11) is 0. The average Bonchev–Trinajstić information content (AvgIpc) is 2.37. The molecule has 5 heteroatoms. The number of benzene rings is 1. The summed E-state index contributed by atoms with van der Waals surface area (Å²) in [6.45, 7) is 0.383. The lowest BCUT2D eigenvalue weighted by molar-refractivity contribution is -0.137. The largest absolute Gasteiger partial charge is 0.481 e. The number of carbonyl (C=O) groups is 2. The van der Waals surface area contributed by atoms with Crippen molar-refractivity contribution in [2.75, 3.05) is 0 Å². The van der Waals surface area contributed by atoms with Crippen LogP contribution >= 0.6 is 0 Å². The molecule has 0 aliphatic heterocycles. The molecule has 1 aromatic carbocycles. The Bertz CT molecular complexity index is 417. The van der Waals surface area contributed by atoms with Gasteiger partial charge in [0.25, 0.3) is 0 Å². The topological polar surface area (TPSA) is 66.4 Å². The van der Waals surface area contributed by atoms with Gasteiger partial charge in [0.05, 0.1) is 0 Å². The van der Waals surface area contributed by atoms with E-state index in [1.165, 1.54) is 12.1 Å². The van der Waals surface area contributed by atoms with E-state index in [0.717, 1.165) is 12.0 Å². The first-order chi connectivity index (χ1) is 9.08. The van der Waals surface area contributed by atoms with Crippen LogP contribution in [0.25, 0.3) is 0 Å². The van der Waals surface area contributed by atoms with Gasteiger partial charge in [-0.2, -0.15) is 0 Å². The molecule has 2 N–H and O–H groups in total. The number of hydrogen-bond acceptors (Lipinski definition) is 2. The average molecular weight is 267 g/mol. The third-order valence-electron chi connectivity index (χ3n) is 2.70. The van der Waals surface area contributed by atoms with Crippen molar-refractivity contribution in [2.45, 2.75) is 38.6 Å². The number of carboxylic acid groups (broad SMARTS) is 1. The van der Waals surface area contributed by atoms with Crippen LogP contribution in [0.2, 0.25) is 0 Å². The number of aliphatic carboxylic acids is 1. The zero-order valence-corrected chi connectivity index (χ0v) is 10.7. The highest BCUT2D eigenvalue weighted by Crippen LogP contribution is 2.04. The van der Waals surface area contributed by atoms with E-state index < -0.39 is 5.97 Å². The molecule has 0 radical (unpaired) electrons. The van der Waals surface area contributed by atoms with Crippen molar-refractivity contribution in [3.05, 3.63) is 35.6 Å². The molecule has 0 bridgehead atoms. The molecule has 0 saturated carbocycles. The maximum Gasteiger partial charge on any atom is 0.303 e. The van der Waals surface area contributed by atoms with E-state index in [-0.39, 0.29) is 18.1 Å². The molecular weight excluding hydrogens is 249 g/mol. The van der Waals surface area contributed by atoms with Crippen molar-refractivity contribution in [1.82, 2.24) is 5.32 Å². The maximum absolute atomic E-state index is 12.7. The van der Waals surface area contributed by atoms with Gasteiger partial charge in [0, 0.05) is 19.4 Å². The van der Waals surface area contributed by atoms with Crippen LogP contribution in [-0.2, 0) is 16.1 Å². The van der Waals surface area contributed by atoms with Crippen LogP contribution in [0.4, 0.5) is 4.39 Å². The molecule has 0 aliphatic rings. The first kappa shape index (κ1) is 15.1. The van der Waals surface area contributed by atoms with Crippen molar-refractivity contribution in [1.29, 1.82) is 0 Å². The van der Waals surface area contributed by atoms with E-state index in [9.17, 15) is 14.0 Å². The van der Waals surface area contributed by atoms with E-state index in [1.54, 1.807) is 12.1 Å². The molecule has 0 saturated heterocycles. The first-order valence-electron chi connectivity index (χ1n) is 6.31. The lowest BCUT2D eigenvalue weighted by Crippen LogP contribution is -2.22. The van der Waals surface area contributed by atoms with Gasteiger partial charge >= 0.3 is 5.97 Å². The summed E-state index contributed by atoms with van der Waals surface area (Å²) in [5.74, 6) is -1.17. The van der Waals surface area contributed by atoms with Crippen LogP contribution in [0.3, 0.4) is 0 Å². The normalized spacial score (nSPS) is 10.2. The number of halogens is 1. The number of rotatable bonds is 8. The van der Waals surface area contributed by atoms with Gasteiger partial charge in [-0.25, -0.2) is 4.39 Å². The Morgan fingerprint density at radius 2 is 1.68 bits per heavy atom. The zero-order chi connectivity index (χ0) is 14.1. The van der Waals surface area contributed by atoms with Gasteiger partial charge in [-0.05, 0) is 30.5 Å². The summed E-state index contributed by atoms with van der Waals surface area (Å²) in [6.07, 6.45) is 2.55. The van der Waals surface area contributed by atoms with Gasteiger partial charge in [-0.15, -0.1) is 0 Å². The minimum Gasteiger partial charge on any atom is -0.481 e. The summed E-state index contributed by atoms with van der Waals surface area (Å²) >= 11 is 0. The summed E-state index contributed by atoms with van der Waals surface area (Å²) in [5.41, 5.74) is 0.848. The molecule has 0 spiro atoms. The van der Waals surface area contributed by atoms with Crippen LogP contribution in [0, 0.1) is 5.82 Å². The minimum atomic E-state index is -0.805. The highest BCUT2D eigenvalue weighted by molar-refractivity contribution is 5.75. The Morgan fingerprint density at radius 3 is 2.32 bits per heavy atom. The predicted molar refractivity (Wildman–Crippen MR) is 69.0 cm³/mol. The van der Waals surface area contributed by atoms with Gasteiger partial charge in [0.1, 0.15) is 5.82 Å². The molecule has 0 aromatic heterocycles. The Labute approximate surface area is 111 Å². The molecule has 104 valence electrons. The zero-order valence-electron chi connectivity index (χ0n) is 10.7. The Hall–Kier alpha value is -1.91. The van der Waals surface area contributed by atoms with Crippen molar-refractivity contribution < 1.29 is 19.1 Å². The quantitative estimate of drug-likeness (QED) is 0.711. The molecule has 0 unspecified atom stereocenters. The lowest BCUT2D eigenvalue weighted by atomic mass is 10.1. The molecular formula is C14H18FNO3. The molecule has 1 rings (SSSR count). The molecule has 19 heavy (non-hydrogen) atoms. The number of amides is 1. The SMILES string of the molecule is O=C(O)CCCCCC(=O)NCc1ccc(F)cc1. The second kappa shape index (κ2) is 8.24. The lowest BCUT2D eigenvalue weighted by Gasteiger charge is -2.05. The molecule has 4 nitrogen and oxygen atoms in total. The third-order valence-corrected chi connectivity index (χ3v) is 2.70. The monoisotopic (exact) mass is 267 g/mol. The molecule has 1 amide bonds. The minimum absolute atomic E-state index is 0.0698. The van der Waals surface area contributed by atoms with Crippen LogP contribution in [-0.4, -0.2) is 17.0 Å². The highest BCUT2D eigenvalue weighted by Gasteiger charge is 2.02. The first-order valence-corrected chi connectivity index (χ1v) is 6.31. The molecule has 0 atom stereocenters. The van der Waals surface area contributed by atoms with Crippen molar-refractivity contribution in [3.8, 4) is 0 Å². The predicted octanol–water partition coefficient (Wildman–Crippen LogP) is 2.48. The molecule has 1 aromatic rings. The van der Waals surface area contributed by atoms with Gasteiger partial charge in [-0.1, -0.05) is 18.6 Å².